The van der Waals surface area contributed by atoms with Gasteiger partial charge in [0.05, 0.1) is 24.2 Å². The average Bonchev–Trinajstić information content (AvgIpc) is 3.58. The first kappa shape index (κ1) is 28.9. The average molecular weight is 581 g/mol. The number of amides is 2. The summed E-state index contributed by atoms with van der Waals surface area (Å²) in [6.45, 7) is 6.18. The number of nitrogens with one attached hydrogen (secondary N) is 4. The van der Waals surface area contributed by atoms with Crippen molar-refractivity contribution in [2.24, 2.45) is 0 Å². The number of carbonyl (C=O) groups is 1. The Kier molecular flexibility index (Phi) is 7.60. The third kappa shape index (κ3) is 5.75. The second-order valence-electron chi connectivity index (χ2n) is 10.6. The predicted octanol–water partition coefficient (Wildman–Crippen LogP) is 6.36. The lowest BCUT2D eigenvalue weighted by molar-refractivity contribution is 0.262. The molecule has 12 nitrogen and oxygen atoms in total. The number of hydrogen-bond donors (Lipinski definition) is 4. The van der Waals surface area contributed by atoms with Gasteiger partial charge in [0, 0.05) is 35.3 Å². The summed E-state index contributed by atoms with van der Waals surface area (Å²) in [5.74, 6) is 2.08. The summed E-state index contributed by atoms with van der Waals surface area (Å²) in [5.41, 5.74) is 2.84. The number of aromatic amines is 2. The molecule has 12 heteroatoms. The van der Waals surface area contributed by atoms with Crippen LogP contribution in [0.1, 0.15) is 33.9 Å². The van der Waals surface area contributed by atoms with Crippen molar-refractivity contribution in [3.05, 3.63) is 89.2 Å². The second-order valence-corrected chi connectivity index (χ2v) is 10.6. The molecule has 0 saturated heterocycles. The van der Waals surface area contributed by atoms with E-state index in [4.69, 9.17) is 14.6 Å². The van der Waals surface area contributed by atoms with Crippen LogP contribution in [0.15, 0.2) is 77.9 Å². The topological polar surface area (TPSA) is 152 Å². The van der Waals surface area contributed by atoms with Crippen LogP contribution in [0.4, 0.5) is 16.3 Å². The van der Waals surface area contributed by atoms with Gasteiger partial charge in [-0.2, -0.15) is 5.10 Å². The van der Waals surface area contributed by atoms with Crippen LogP contribution in [0.25, 0.3) is 27.8 Å². The van der Waals surface area contributed by atoms with E-state index in [0.717, 1.165) is 17.1 Å². The van der Waals surface area contributed by atoms with Gasteiger partial charge in [0.2, 0.25) is 0 Å². The number of nitrogens with zero attached hydrogens (tertiary/aromatic N) is 4. The third-order valence-electron chi connectivity index (χ3n) is 6.62. The first-order chi connectivity index (χ1) is 20.2. The van der Waals surface area contributed by atoms with Gasteiger partial charge in [0.1, 0.15) is 22.6 Å². The summed E-state index contributed by atoms with van der Waals surface area (Å²) in [4.78, 5) is 39.1. The lowest BCUT2D eigenvalue weighted by Crippen LogP contribution is -2.21. The normalized spacial score (nSPS) is 11.3. The zero-order valence-corrected chi connectivity index (χ0v) is 23.4. The third-order valence-corrected chi connectivity index (χ3v) is 6.62. The van der Waals surface area contributed by atoms with Gasteiger partial charge in [-0.15, -0.1) is 0 Å². The molecular weight excluding hydrogens is 548 g/mol. The highest BCUT2D eigenvalue weighted by atomic mass is 16.5. The molecule has 2 amide bonds. The van der Waals surface area contributed by atoms with Crippen LogP contribution in [0.5, 0.6) is 17.2 Å². The molecule has 2 aromatic carbocycles. The van der Waals surface area contributed by atoms with Gasteiger partial charge < -0.3 is 19.8 Å². The van der Waals surface area contributed by atoms with E-state index in [1.165, 1.54) is 0 Å². The zero-order valence-electron chi connectivity index (χ0n) is 23.4. The van der Waals surface area contributed by atoms with Crippen molar-refractivity contribution >= 4 is 39.6 Å². The Bertz CT molecular complexity index is 1980. The van der Waals surface area contributed by atoms with E-state index in [2.05, 4.69) is 51.3 Å². The molecular formula is C31H32N8O4. The molecule has 4 heterocycles. The molecule has 0 spiro atoms. The highest BCUT2D eigenvalue weighted by Gasteiger charge is 2.22. The minimum Gasteiger partial charge on any atom is -0.497 e. The minimum absolute atomic E-state index is 0. The first-order valence-corrected chi connectivity index (χ1v) is 13.2. The van der Waals surface area contributed by atoms with Gasteiger partial charge >= 0.3 is 11.7 Å². The fraction of sp³-hybridized carbons (Fsp3) is 0.194. The molecule has 0 unspecified atom stereocenters. The number of benzene rings is 2. The summed E-state index contributed by atoms with van der Waals surface area (Å²) in [5, 5.41) is 11.3. The van der Waals surface area contributed by atoms with Crippen molar-refractivity contribution in [3.8, 4) is 22.9 Å². The highest BCUT2D eigenvalue weighted by Crippen LogP contribution is 2.35. The molecule has 220 valence electrons. The predicted molar refractivity (Wildman–Crippen MR) is 167 cm³/mol. The molecule has 0 atom stereocenters. The molecule has 0 saturated carbocycles. The van der Waals surface area contributed by atoms with E-state index in [9.17, 15) is 9.59 Å². The van der Waals surface area contributed by atoms with Crippen molar-refractivity contribution in [3.63, 3.8) is 0 Å². The van der Waals surface area contributed by atoms with Crippen LogP contribution in [0.3, 0.4) is 0 Å². The number of imidazole rings is 1. The molecule has 6 rings (SSSR count). The van der Waals surface area contributed by atoms with E-state index in [1.807, 2.05) is 36.4 Å². The Balaban J connectivity index is 0.00000368. The van der Waals surface area contributed by atoms with Gasteiger partial charge in [0.25, 0.3) is 0 Å². The Hall–Kier alpha value is -5.65. The largest absolute Gasteiger partial charge is 0.497 e. The van der Waals surface area contributed by atoms with Gasteiger partial charge in [0.15, 0.2) is 17.1 Å². The number of hydrogen-bond acceptors (Lipinski definition) is 7. The van der Waals surface area contributed by atoms with Gasteiger partial charge in [-0.3, -0.25) is 15.3 Å². The summed E-state index contributed by atoms with van der Waals surface area (Å²) in [6, 6.07) is 17.5. The Morgan fingerprint density at radius 1 is 0.930 bits per heavy atom. The number of methoxy groups -OCH3 is 1. The smallest absolute Gasteiger partial charge is 0.325 e. The molecule has 0 radical (unpaired) electrons. The number of rotatable bonds is 6. The summed E-state index contributed by atoms with van der Waals surface area (Å²) >= 11 is 0. The summed E-state index contributed by atoms with van der Waals surface area (Å²) in [7, 11) is 1.61. The van der Waals surface area contributed by atoms with Crippen LogP contribution in [0, 0.1) is 0 Å². The van der Waals surface area contributed by atoms with E-state index < -0.39 is 6.03 Å². The Morgan fingerprint density at radius 2 is 1.72 bits per heavy atom. The van der Waals surface area contributed by atoms with Crippen LogP contribution in [-0.4, -0.2) is 42.9 Å². The van der Waals surface area contributed by atoms with Crippen molar-refractivity contribution in [1.82, 2.24) is 29.7 Å². The molecule has 0 aliphatic carbocycles. The quantitative estimate of drug-likeness (QED) is 0.179. The minimum atomic E-state index is -0.454. The lowest BCUT2D eigenvalue weighted by Gasteiger charge is -2.14. The molecule has 4 N–H and O–H groups in total. The number of anilines is 2. The van der Waals surface area contributed by atoms with Crippen LogP contribution in [-0.2, 0) is 5.41 Å². The van der Waals surface area contributed by atoms with Crippen LogP contribution < -0.4 is 25.8 Å². The first-order valence-electron chi connectivity index (χ1n) is 13.2. The molecule has 0 aliphatic rings. The fourth-order valence-electron chi connectivity index (χ4n) is 4.48. The Labute approximate surface area is 247 Å². The summed E-state index contributed by atoms with van der Waals surface area (Å²) in [6.07, 6.45) is 3.18. The van der Waals surface area contributed by atoms with Crippen molar-refractivity contribution in [1.29, 1.82) is 0 Å². The van der Waals surface area contributed by atoms with Crippen molar-refractivity contribution in [2.45, 2.75) is 33.6 Å². The molecule has 0 bridgehead atoms. The molecule has 4 aromatic heterocycles. The molecule has 6 aromatic rings. The van der Waals surface area contributed by atoms with E-state index >= 15 is 0 Å². The van der Waals surface area contributed by atoms with Gasteiger partial charge in [-0.1, -0.05) is 28.2 Å². The maximum Gasteiger partial charge on any atom is 0.325 e. The van der Waals surface area contributed by atoms with E-state index in [0.29, 0.717) is 45.1 Å². The standard InChI is InChI=1S/C30H28N8O4.CH4/c1-30(2,3)23-16-24(38(37-23)17-7-9-18(41-4)10-8-17)34-28(39)33-20-11-12-21(25-19(20)6-5-14-31-25)42-22-13-15-32-27-26(22)35-29(40)36-27;/h5-16H,1-4H3,(H2,33,34,39)(H2,32,35,36,40);1H4. The number of H-pyrrole nitrogens is 2. The molecule has 43 heavy (non-hydrogen) atoms. The number of urea groups is 1. The lowest BCUT2D eigenvalue weighted by atomic mass is 9.92. The molecule has 0 aliphatic heterocycles. The monoisotopic (exact) mass is 580 g/mol. The maximum absolute atomic E-state index is 13.3. The van der Waals surface area contributed by atoms with Crippen molar-refractivity contribution < 1.29 is 14.3 Å². The van der Waals surface area contributed by atoms with Gasteiger partial charge in [-0.05, 0) is 48.5 Å². The molecule has 0 fully saturated rings. The SMILES string of the molecule is C.COc1ccc(-n2nc(C(C)(C)C)cc2NC(=O)Nc2ccc(Oc3ccnc4[nH]c(=O)[nH]c34)c3ncccc23)cc1. The highest BCUT2D eigenvalue weighted by molar-refractivity contribution is 6.06. The maximum atomic E-state index is 13.3. The van der Waals surface area contributed by atoms with Crippen LogP contribution >= 0.6 is 0 Å². The number of aromatic nitrogens is 6. The van der Waals surface area contributed by atoms with E-state index in [1.54, 1.807) is 48.5 Å². The number of carbonyl (C=O) groups excluding carboxylic acids is 1. The number of fused-ring (bicyclic) bond motifs is 2. The number of pyridine rings is 2. The Morgan fingerprint density at radius 3 is 2.47 bits per heavy atom. The van der Waals surface area contributed by atoms with Crippen LogP contribution in [0.2, 0.25) is 0 Å². The van der Waals surface area contributed by atoms with Gasteiger partial charge in [-0.25, -0.2) is 19.3 Å². The fourth-order valence-corrected chi connectivity index (χ4v) is 4.48. The van der Waals surface area contributed by atoms with Crippen molar-refractivity contribution in [2.75, 3.05) is 17.7 Å². The number of ether oxygens (including phenoxy) is 2. The summed E-state index contributed by atoms with van der Waals surface area (Å²) < 4.78 is 13.1. The van der Waals surface area contributed by atoms with E-state index in [-0.39, 0.29) is 18.5 Å². The zero-order chi connectivity index (χ0) is 29.4. The second kappa shape index (κ2) is 11.3.